The fraction of sp³-hybridized carbons (Fsp3) is 0.364. The fourth-order valence-corrected chi connectivity index (χ4v) is 1.94. The number of hydrogen-bond donors (Lipinski definition) is 0. The van der Waals surface area contributed by atoms with E-state index >= 15 is 0 Å². The van der Waals surface area contributed by atoms with E-state index in [1.807, 2.05) is 12.1 Å². The zero-order valence-electron chi connectivity index (χ0n) is 8.49. The van der Waals surface area contributed by atoms with Crippen molar-refractivity contribution in [1.82, 2.24) is 0 Å². The smallest absolute Gasteiger partial charge is 0.161 e. The van der Waals surface area contributed by atoms with Crippen molar-refractivity contribution < 1.29 is 4.74 Å². The van der Waals surface area contributed by atoms with Crippen LogP contribution in [0.25, 0.3) is 0 Å². The molecule has 1 fully saturated rings. The predicted molar refractivity (Wildman–Crippen MR) is 64.0 cm³/mol. The third kappa shape index (κ3) is 2.41. The van der Waals surface area contributed by atoms with Gasteiger partial charge in [0.1, 0.15) is 0 Å². The Morgan fingerprint density at radius 2 is 2.19 bits per heavy atom. The molecule has 16 heavy (non-hydrogen) atoms. The second kappa shape index (κ2) is 4.92. The summed E-state index contributed by atoms with van der Waals surface area (Å²) in [4.78, 5) is 2.07. The maximum absolute atomic E-state index is 8.81. The molecular formula is C11H10Cl2N2O. The number of anilines is 1. The first-order valence-electron chi connectivity index (χ1n) is 4.92. The van der Waals surface area contributed by atoms with Crippen molar-refractivity contribution in [2.75, 3.05) is 24.6 Å². The second-order valence-corrected chi connectivity index (χ2v) is 4.35. The molecule has 0 spiro atoms. The van der Waals surface area contributed by atoms with Crippen molar-refractivity contribution in [2.45, 2.75) is 6.10 Å². The van der Waals surface area contributed by atoms with Crippen LogP contribution in [0.1, 0.15) is 0 Å². The highest BCUT2D eigenvalue weighted by Crippen LogP contribution is 2.28. The van der Waals surface area contributed by atoms with Gasteiger partial charge >= 0.3 is 0 Å². The highest BCUT2D eigenvalue weighted by Gasteiger charge is 2.20. The van der Waals surface area contributed by atoms with E-state index in [1.54, 1.807) is 6.07 Å². The van der Waals surface area contributed by atoms with Gasteiger partial charge in [0.2, 0.25) is 0 Å². The molecule has 1 aliphatic heterocycles. The minimum atomic E-state index is -0.372. The maximum Gasteiger partial charge on any atom is 0.161 e. The van der Waals surface area contributed by atoms with Crippen molar-refractivity contribution in [3.63, 3.8) is 0 Å². The first-order valence-corrected chi connectivity index (χ1v) is 5.67. The Hall–Kier alpha value is -0.950. The molecule has 0 radical (unpaired) electrons. The van der Waals surface area contributed by atoms with Crippen LogP contribution in [0.5, 0.6) is 0 Å². The van der Waals surface area contributed by atoms with Crippen molar-refractivity contribution in [1.29, 1.82) is 5.26 Å². The standard InChI is InChI=1S/C11H10Cl2N2O/c12-10-2-1-8(5-11(10)13)15-3-4-16-9(6-14)7-15/h1-2,5,9H,3-4,7H2. The van der Waals surface area contributed by atoms with Gasteiger partial charge in [-0.25, -0.2) is 0 Å². The van der Waals surface area contributed by atoms with Gasteiger partial charge in [-0.05, 0) is 18.2 Å². The molecule has 1 saturated heterocycles. The number of morpholine rings is 1. The lowest BCUT2D eigenvalue weighted by molar-refractivity contribution is 0.0764. The summed E-state index contributed by atoms with van der Waals surface area (Å²) < 4.78 is 5.27. The summed E-state index contributed by atoms with van der Waals surface area (Å²) in [6.07, 6.45) is -0.372. The number of nitriles is 1. The third-order valence-electron chi connectivity index (χ3n) is 2.48. The van der Waals surface area contributed by atoms with Crippen LogP contribution in [-0.4, -0.2) is 25.8 Å². The zero-order chi connectivity index (χ0) is 11.5. The molecule has 0 bridgehead atoms. The summed E-state index contributed by atoms with van der Waals surface area (Å²) >= 11 is 11.8. The molecule has 3 nitrogen and oxygen atoms in total. The molecule has 1 atom stereocenters. The van der Waals surface area contributed by atoms with Crippen LogP contribution in [0.3, 0.4) is 0 Å². The first-order chi connectivity index (χ1) is 7.70. The topological polar surface area (TPSA) is 36.3 Å². The highest BCUT2D eigenvalue weighted by atomic mass is 35.5. The van der Waals surface area contributed by atoms with Gasteiger partial charge < -0.3 is 9.64 Å². The highest BCUT2D eigenvalue weighted by molar-refractivity contribution is 6.42. The molecule has 1 heterocycles. The van der Waals surface area contributed by atoms with Gasteiger partial charge in [0.15, 0.2) is 6.10 Å². The van der Waals surface area contributed by atoms with E-state index in [0.717, 1.165) is 12.2 Å². The Labute approximate surface area is 104 Å². The monoisotopic (exact) mass is 256 g/mol. The SMILES string of the molecule is N#CC1CN(c2ccc(Cl)c(Cl)c2)CCO1. The van der Waals surface area contributed by atoms with Gasteiger partial charge in [-0.3, -0.25) is 0 Å². The van der Waals surface area contributed by atoms with Crippen LogP contribution in [0.2, 0.25) is 10.0 Å². The lowest BCUT2D eigenvalue weighted by Crippen LogP contribution is -2.41. The van der Waals surface area contributed by atoms with Crippen LogP contribution in [-0.2, 0) is 4.74 Å². The first kappa shape index (κ1) is 11.5. The largest absolute Gasteiger partial charge is 0.365 e. The average Bonchev–Trinajstić information content (AvgIpc) is 2.33. The molecule has 1 unspecified atom stereocenters. The lowest BCUT2D eigenvalue weighted by atomic mass is 10.2. The summed E-state index contributed by atoms with van der Waals surface area (Å²) in [6.45, 7) is 1.88. The van der Waals surface area contributed by atoms with Crippen molar-refractivity contribution in [3.8, 4) is 6.07 Å². The molecule has 1 aliphatic rings. The fourth-order valence-electron chi connectivity index (χ4n) is 1.64. The van der Waals surface area contributed by atoms with Gasteiger partial charge in [0, 0.05) is 12.2 Å². The van der Waals surface area contributed by atoms with Gasteiger partial charge in [0.05, 0.1) is 29.3 Å². The summed E-state index contributed by atoms with van der Waals surface area (Å²) in [5, 5.41) is 9.87. The molecule has 0 aliphatic carbocycles. The number of ether oxygens (including phenoxy) is 1. The van der Waals surface area contributed by atoms with Crippen LogP contribution < -0.4 is 4.90 Å². The van der Waals surface area contributed by atoms with Gasteiger partial charge in [-0.15, -0.1) is 0 Å². The number of nitrogens with zero attached hydrogens (tertiary/aromatic N) is 2. The van der Waals surface area contributed by atoms with Crippen molar-refractivity contribution in [2.24, 2.45) is 0 Å². The van der Waals surface area contributed by atoms with E-state index in [4.69, 9.17) is 33.2 Å². The van der Waals surface area contributed by atoms with Gasteiger partial charge in [0.25, 0.3) is 0 Å². The molecule has 0 amide bonds. The Morgan fingerprint density at radius 3 is 2.88 bits per heavy atom. The molecule has 1 aromatic carbocycles. The number of halogens is 2. The average molecular weight is 257 g/mol. The van der Waals surface area contributed by atoms with Crippen molar-refractivity contribution >= 4 is 28.9 Å². The Kier molecular flexibility index (Phi) is 3.55. The maximum atomic E-state index is 8.81. The van der Waals surface area contributed by atoms with Gasteiger partial charge in [-0.2, -0.15) is 5.26 Å². The predicted octanol–water partition coefficient (Wildman–Crippen LogP) is 2.72. The van der Waals surface area contributed by atoms with Crippen molar-refractivity contribution in [3.05, 3.63) is 28.2 Å². The van der Waals surface area contributed by atoms with E-state index in [1.165, 1.54) is 0 Å². The number of benzene rings is 1. The minimum Gasteiger partial charge on any atom is -0.365 e. The molecule has 0 aromatic heterocycles. The number of rotatable bonds is 1. The third-order valence-corrected chi connectivity index (χ3v) is 3.22. The Morgan fingerprint density at radius 1 is 1.38 bits per heavy atom. The van der Waals surface area contributed by atoms with Crippen LogP contribution in [0.4, 0.5) is 5.69 Å². The minimum absolute atomic E-state index is 0.372. The molecular weight excluding hydrogens is 247 g/mol. The summed E-state index contributed by atoms with van der Waals surface area (Å²) in [5.74, 6) is 0. The summed E-state index contributed by atoms with van der Waals surface area (Å²) in [7, 11) is 0. The van der Waals surface area contributed by atoms with E-state index in [-0.39, 0.29) is 6.10 Å². The number of hydrogen-bond acceptors (Lipinski definition) is 3. The molecule has 2 rings (SSSR count). The van der Waals surface area contributed by atoms with Crippen LogP contribution in [0, 0.1) is 11.3 Å². The zero-order valence-corrected chi connectivity index (χ0v) is 10.0. The molecule has 0 N–H and O–H groups in total. The molecule has 0 saturated carbocycles. The van der Waals surface area contributed by atoms with Crippen LogP contribution in [0.15, 0.2) is 18.2 Å². The lowest BCUT2D eigenvalue weighted by Gasteiger charge is -2.31. The summed E-state index contributed by atoms with van der Waals surface area (Å²) in [6, 6.07) is 7.57. The Balaban J connectivity index is 2.17. The van der Waals surface area contributed by atoms with Crippen LogP contribution >= 0.6 is 23.2 Å². The Bertz CT molecular complexity index is 430. The van der Waals surface area contributed by atoms with Gasteiger partial charge in [-0.1, -0.05) is 23.2 Å². The van der Waals surface area contributed by atoms with E-state index < -0.39 is 0 Å². The normalized spacial score (nSPS) is 20.6. The van der Waals surface area contributed by atoms with E-state index in [0.29, 0.717) is 23.2 Å². The van der Waals surface area contributed by atoms with E-state index in [9.17, 15) is 0 Å². The molecule has 84 valence electrons. The summed E-state index contributed by atoms with van der Waals surface area (Å²) in [5.41, 5.74) is 0.970. The quantitative estimate of drug-likeness (QED) is 0.776. The molecule has 5 heteroatoms. The second-order valence-electron chi connectivity index (χ2n) is 3.53. The molecule has 1 aromatic rings. The van der Waals surface area contributed by atoms with E-state index in [2.05, 4.69) is 11.0 Å².